The maximum atomic E-state index is 12.1. The van der Waals surface area contributed by atoms with Crippen molar-refractivity contribution in [2.45, 2.75) is 38.5 Å². The summed E-state index contributed by atoms with van der Waals surface area (Å²) in [7, 11) is 1.76. The molecule has 2 amide bonds. The van der Waals surface area contributed by atoms with E-state index in [1.165, 1.54) is 19.3 Å². The Bertz CT molecular complexity index is 594. The fourth-order valence-electron chi connectivity index (χ4n) is 3.31. The number of carbonyl (C=O) groups is 2. The van der Waals surface area contributed by atoms with Crippen molar-refractivity contribution in [2.24, 2.45) is 5.92 Å². The van der Waals surface area contributed by atoms with Crippen LogP contribution in [0.15, 0.2) is 18.2 Å². The quantitative estimate of drug-likeness (QED) is 0.927. The normalized spacial score (nSPS) is 18.3. The molecule has 1 N–H and O–H groups in total. The van der Waals surface area contributed by atoms with E-state index in [1.807, 2.05) is 18.2 Å². The van der Waals surface area contributed by atoms with Crippen LogP contribution in [0.25, 0.3) is 0 Å². The Morgan fingerprint density at radius 2 is 2.09 bits per heavy atom. The van der Waals surface area contributed by atoms with Crippen LogP contribution in [0, 0.1) is 5.92 Å². The third-order valence-corrected chi connectivity index (χ3v) is 4.80. The van der Waals surface area contributed by atoms with Crippen LogP contribution in [0.5, 0.6) is 5.75 Å². The molecule has 0 unspecified atom stereocenters. The zero-order valence-corrected chi connectivity index (χ0v) is 13.6. The molecule has 0 radical (unpaired) electrons. The minimum atomic E-state index is -0.0414. The first-order valence-corrected chi connectivity index (χ1v) is 8.45. The van der Waals surface area contributed by atoms with E-state index in [0.717, 1.165) is 36.3 Å². The summed E-state index contributed by atoms with van der Waals surface area (Å²) in [6.07, 6.45) is 6.40. The van der Waals surface area contributed by atoms with Gasteiger partial charge in [-0.2, -0.15) is 0 Å². The Morgan fingerprint density at radius 1 is 1.30 bits per heavy atom. The highest BCUT2D eigenvalue weighted by atomic mass is 16.5. The molecule has 0 bridgehead atoms. The Balaban J connectivity index is 1.54. The van der Waals surface area contributed by atoms with Crippen molar-refractivity contribution in [1.29, 1.82) is 0 Å². The fraction of sp³-hybridized carbons (Fsp3) is 0.556. The summed E-state index contributed by atoms with van der Waals surface area (Å²) >= 11 is 0. The van der Waals surface area contributed by atoms with Crippen molar-refractivity contribution >= 4 is 17.5 Å². The molecule has 2 aliphatic rings. The average molecular weight is 316 g/mol. The van der Waals surface area contributed by atoms with Crippen LogP contribution >= 0.6 is 0 Å². The van der Waals surface area contributed by atoms with Crippen molar-refractivity contribution in [3.8, 4) is 5.75 Å². The molecule has 1 aliphatic heterocycles. The Hall–Kier alpha value is -2.04. The molecule has 1 saturated carbocycles. The van der Waals surface area contributed by atoms with E-state index in [-0.39, 0.29) is 24.3 Å². The minimum absolute atomic E-state index is 0.0414. The summed E-state index contributed by atoms with van der Waals surface area (Å²) in [4.78, 5) is 25.5. The number of hydrogen-bond donors (Lipinski definition) is 1. The maximum Gasteiger partial charge on any atom is 0.264 e. The van der Waals surface area contributed by atoms with E-state index in [0.29, 0.717) is 6.54 Å². The largest absolute Gasteiger partial charge is 0.482 e. The van der Waals surface area contributed by atoms with E-state index in [1.54, 1.807) is 11.9 Å². The van der Waals surface area contributed by atoms with Crippen LogP contribution in [0.2, 0.25) is 0 Å². The van der Waals surface area contributed by atoms with E-state index >= 15 is 0 Å². The zero-order valence-electron chi connectivity index (χ0n) is 13.6. The lowest BCUT2D eigenvalue weighted by atomic mass is 9.88. The predicted octanol–water partition coefficient (Wildman–Crippen LogP) is 2.28. The molecule has 1 aliphatic carbocycles. The van der Waals surface area contributed by atoms with Crippen molar-refractivity contribution in [2.75, 3.05) is 25.1 Å². The van der Waals surface area contributed by atoms with Crippen molar-refractivity contribution in [1.82, 2.24) is 5.32 Å². The topological polar surface area (TPSA) is 58.6 Å². The standard InChI is InChI=1S/C18H24N2O3/c1-20-15-11-13(7-8-16(15)23-12-17(20)21)9-10-19-18(22)14-5-3-2-4-6-14/h7-8,11,14H,2-6,9-10,12H2,1H3,(H,19,22). The number of anilines is 1. The highest BCUT2D eigenvalue weighted by molar-refractivity contribution is 5.97. The molecule has 0 aromatic heterocycles. The number of likely N-dealkylation sites (N-methyl/N-ethyl adjacent to an activating group) is 1. The Kier molecular flexibility index (Phi) is 4.84. The smallest absolute Gasteiger partial charge is 0.264 e. The van der Waals surface area contributed by atoms with Gasteiger partial charge in [0.15, 0.2) is 6.61 Å². The third kappa shape index (κ3) is 3.66. The Labute approximate surface area is 137 Å². The summed E-state index contributed by atoms with van der Waals surface area (Å²) in [6, 6.07) is 5.87. The maximum absolute atomic E-state index is 12.1. The van der Waals surface area contributed by atoms with Crippen LogP contribution in [0.4, 0.5) is 5.69 Å². The van der Waals surface area contributed by atoms with Crippen molar-refractivity contribution in [3.63, 3.8) is 0 Å². The van der Waals surface area contributed by atoms with Crippen LogP contribution in [0.3, 0.4) is 0 Å². The van der Waals surface area contributed by atoms with Gasteiger partial charge in [0.2, 0.25) is 5.91 Å². The number of fused-ring (bicyclic) bond motifs is 1. The van der Waals surface area contributed by atoms with Gasteiger partial charge in [0, 0.05) is 19.5 Å². The van der Waals surface area contributed by atoms with Gasteiger partial charge in [-0.15, -0.1) is 0 Å². The number of ether oxygens (including phenoxy) is 1. The van der Waals surface area contributed by atoms with Gasteiger partial charge in [0.25, 0.3) is 5.91 Å². The van der Waals surface area contributed by atoms with Gasteiger partial charge in [0.05, 0.1) is 5.69 Å². The molecule has 0 atom stereocenters. The first-order valence-electron chi connectivity index (χ1n) is 8.45. The first-order chi connectivity index (χ1) is 11.1. The third-order valence-electron chi connectivity index (χ3n) is 4.80. The molecular weight excluding hydrogens is 292 g/mol. The zero-order chi connectivity index (χ0) is 16.2. The summed E-state index contributed by atoms with van der Waals surface area (Å²) in [5, 5.41) is 3.05. The predicted molar refractivity (Wildman–Crippen MR) is 88.6 cm³/mol. The molecule has 23 heavy (non-hydrogen) atoms. The fourth-order valence-corrected chi connectivity index (χ4v) is 3.31. The molecule has 0 spiro atoms. The van der Waals surface area contributed by atoms with Gasteiger partial charge in [-0.05, 0) is 37.0 Å². The molecule has 1 fully saturated rings. The Morgan fingerprint density at radius 3 is 2.87 bits per heavy atom. The molecule has 0 saturated heterocycles. The number of nitrogens with one attached hydrogen (secondary N) is 1. The summed E-state index contributed by atoms with van der Waals surface area (Å²) in [5.74, 6) is 1.09. The molecular formula is C18H24N2O3. The highest BCUT2D eigenvalue weighted by Gasteiger charge is 2.23. The molecule has 1 aromatic rings. The number of hydrogen-bond acceptors (Lipinski definition) is 3. The van der Waals surface area contributed by atoms with Crippen molar-refractivity contribution < 1.29 is 14.3 Å². The van der Waals surface area contributed by atoms with Gasteiger partial charge < -0.3 is 15.0 Å². The summed E-state index contributed by atoms with van der Waals surface area (Å²) < 4.78 is 5.42. The van der Waals surface area contributed by atoms with Gasteiger partial charge in [-0.3, -0.25) is 9.59 Å². The molecule has 3 rings (SSSR count). The van der Waals surface area contributed by atoms with Gasteiger partial charge in [-0.25, -0.2) is 0 Å². The van der Waals surface area contributed by atoms with Gasteiger partial charge >= 0.3 is 0 Å². The lowest BCUT2D eigenvalue weighted by Crippen LogP contribution is -2.35. The van der Waals surface area contributed by atoms with Crippen LogP contribution in [-0.2, 0) is 16.0 Å². The molecule has 1 aromatic carbocycles. The number of carbonyl (C=O) groups excluding carboxylic acids is 2. The van der Waals surface area contributed by atoms with E-state index in [4.69, 9.17) is 4.74 Å². The summed E-state index contributed by atoms with van der Waals surface area (Å²) in [6.45, 7) is 0.729. The van der Waals surface area contributed by atoms with Gasteiger partial charge in [-0.1, -0.05) is 25.3 Å². The summed E-state index contributed by atoms with van der Waals surface area (Å²) in [5.41, 5.74) is 1.90. The number of benzene rings is 1. The number of nitrogens with zero attached hydrogens (tertiary/aromatic N) is 1. The van der Waals surface area contributed by atoms with E-state index in [9.17, 15) is 9.59 Å². The minimum Gasteiger partial charge on any atom is -0.482 e. The van der Waals surface area contributed by atoms with Crippen LogP contribution in [-0.4, -0.2) is 32.0 Å². The molecule has 124 valence electrons. The van der Waals surface area contributed by atoms with Crippen LogP contribution < -0.4 is 15.0 Å². The van der Waals surface area contributed by atoms with Gasteiger partial charge in [0.1, 0.15) is 5.75 Å². The second kappa shape index (κ2) is 7.02. The number of amides is 2. The van der Waals surface area contributed by atoms with Crippen molar-refractivity contribution in [3.05, 3.63) is 23.8 Å². The van der Waals surface area contributed by atoms with Crippen LogP contribution in [0.1, 0.15) is 37.7 Å². The second-order valence-electron chi connectivity index (χ2n) is 6.42. The first kappa shape index (κ1) is 15.8. The SMILES string of the molecule is CN1C(=O)COc2ccc(CCNC(=O)C3CCCCC3)cc21. The highest BCUT2D eigenvalue weighted by Crippen LogP contribution is 2.32. The average Bonchev–Trinajstić information content (AvgIpc) is 2.59. The molecule has 1 heterocycles. The second-order valence-corrected chi connectivity index (χ2v) is 6.42. The van der Waals surface area contributed by atoms with E-state index < -0.39 is 0 Å². The molecule has 5 heteroatoms. The lowest BCUT2D eigenvalue weighted by molar-refractivity contribution is -0.125. The van der Waals surface area contributed by atoms with E-state index in [2.05, 4.69) is 5.32 Å². The molecule has 5 nitrogen and oxygen atoms in total. The lowest BCUT2D eigenvalue weighted by Gasteiger charge is -2.26. The monoisotopic (exact) mass is 316 g/mol. The number of rotatable bonds is 4.